The minimum absolute atomic E-state index is 0.00787. The summed E-state index contributed by atoms with van der Waals surface area (Å²) in [5, 5.41) is 2.73. The summed E-state index contributed by atoms with van der Waals surface area (Å²) in [4.78, 5) is 24.7. The second-order valence-corrected chi connectivity index (χ2v) is 12.6. The molecule has 1 aliphatic heterocycles. The first kappa shape index (κ1) is 30.9. The average molecular weight is 597 g/mol. The van der Waals surface area contributed by atoms with E-state index in [0.717, 1.165) is 11.1 Å². The lowest BCUT2D eigenvalue weighted by Gasteiger charge is -2.29. The van der Waals surface area contributed by atoms with E-state index in [1.54, 1.807) is 51.1 Å². The molecule has 1 N–H and O–H groups in total. The molecule has 0 aromatic heterocycles. The fourth-order valence-electron chi connectivity index (χ4n) is 4.38. The predicted octanol–water partition coefficient (Wildman–Crippen LogP) is 5.34. The largest absolute Gasteiger partial charge is 0.489 e. The van der Waals surface area contributed by atoms with E-state index in [4.69, 9.17) is 18.4 Å². The van der Waals surface area contributed by atoms with Crippen LogP contribution in [0, 0.1) is 6.92 Å². The molecular formula is C31H36N2O8S. The zero-order valence-corrected chi connectivity index (χ0v) is 25.2. The molecule has 11 heteroatoms. The van der Waals surface area contributed by atoms with Gasteiger partial charge in [0.05, 0.1) is 19.6 Å². The number of hydrogen-bond acceptors (Lipinski definition) is 8. The number of nitrogens with one attached hydrogen (secondary N) is 1. The number of alkyl carbamates (subject to hydrolysis) is 1. The first-order valence-corrected chi connectivity index (χ1v) is 14.8. The maximum absolute atomic E-state index is 13.1. The van der Waals surface area contributed by atoms with E-state index in [2.05, 4.69) is 5.32 Å². The average Bonchev–Trinajstić information content (AvgIpc) is 2.92. The summed E-state index contributed by atoms with van der Waals surface area (Å²) in [5.41, 5.74) is 3.05. The van der Waals surface area contributed by atoms with E-state index < -0.39 is 34.0 Å². The van der Waals surface area contributed by atoms with Crippen molar-refractivity contribution in [2.45, 2.75) is 65.5 Å². The van der Waals surface area contributed by atoms with Crippen molar-refractivity contribution in [3.8, 4) is 11.5 Å². The van der Waals surface area contributed by atoms with Crippen molar-refractivity contribution in [1.29, 1.82) is 0 Å². The second-order valence-electron chi connectivity index (χ2n) is 11.0. The van der Waals surface area contributed by atoms with Gasteiger partial charge in [-0.05, 0) is 68.1 Å². The van der Waals surface area contributed by atoms with Crippen LogP contribution in [0.25, 0.3) is 0 Å². The van der Waals surface area contributed by atoms with Gasteiger partial charge in [0, 0.05) is 18.7 Å². The summed E-state index contributed by atoms with van der Waals surface area (Å²) < 4.78 is 48.9. The number of hydrogen-bond donors (Lipinski definition) is 1. The van der Waals surface area contributed by atoms with Crippen LogP contribution in [0.4, 0.5) is 4.79 Å². The molecule has 0 saturated carbocycles. The first-order valence-electron chi connectivity index (χ1n) is 13.5. The number of carbonyl (C=O) groups is 2. The zero-order chi connectivity index (χ0) is 30.5. The summed E-state index contributed by atoms with van der Waals surface area (Å²) in [5.74, 6) is 0.327. The van der Waals surface area contributed by atoms with Gasteiger partial charge in [0.15, 0.2) is 0 Å². The number of ether oxygens (including phenoxy) is 3. The molecule has 10 nitrogen and oxygen atoms in total. The number of nitrogens with zero attached hydrogens (tertiary/aromatic N) is 1. The highest BCUT2D eigenvalue weighted by molar-refractivity contribution is 7.84. The Hall–Kier alpha value is -4.09. The molecule has 4 rings (SSSR count). The molecule has 0 aliphatic carbocycles. The van der Waals surface area contributed by atoms with Crippen LogP contribution in [0.15, 0.2) is 66.7 Å². The fourth-order valence-corrected chi connectivity index (χ4v) is 5.47. The Bertz CT molecular complexity index is 1530. The molecule has 1 amide bonds. The van der Waals surface area contributed by atoms with Crippen LogP contribution in [0.1, 0.15) is 61.1 Å². The number of benzene rings is 3. The molecule has 0 spiro atoms. The van der Waals surface area contributed by atoms with Gasteiger partial charge in [-0.25, -0.2) is 4.79 Å². The van der Waals surface area contributed by atoms with Crippen LogP contribution in [-0.2, 0) is 44.3 Å². The smallest absolute Gasteiger partial charge is 0.408 e. The summed E-state index contributed by atoms with van der Waals surface area (Å²) >= 11 is 0. The highest BCUT2D eigenvalue weighted by Crippen LogP contribution is 2.34. The normalized spacial score (nSPS) is 15.1. The number of methoxy groups -OCH3 is 1. The number of rotatable bonds is 9. The second kappa shape index (κ2) is 12.8. The van der Waals surface area contributed by atoms with Crippen LogP contribution >= 0.6 is 0 Å². The highest BCUT2D eigenvalue weighted by Gasteiger charge is 2.32. The monoisotopic (exact) mass is 596 g/mol. The number of esters is 1. The molecule has 1 atom stereocenters. The summed E-state index contributed by atoms with van der Waals surface area (Å²) in [6.45, 7) is 7.53. The van der Waals surface area contributed by atoms with E-state index in [1.807, 2.05) is 43.3 Å². The molecule has 0 fully saturated rings. The Morgan fingerprint density at radius 2 is 1.79 bits per heavy atom. The number of fused-ring (bicyclic) bond motifs is 1. The van der Waals surface area contributed by atoms with Gasteiger partial charge in [0.25, 0.3) is 0 Å². The SMILES string of the molecule is COC(=O)CC(NC(=O)OC(C)(C)C)c1ccc(C)c(CN2Cc3cc(OCc4ccccc4)ccc3OS2(=O)=O)c1. The molecule has 0 radical (unpaired) electrons. The van der Waals surface area contributed by atoms with Gasteiger partial charge >= 0.3 is 22.4 Å². The molecule has 3 aromatic rings. The zero-order valence-electron chi connectivity index (χ0n) is 24.4. The van der Waals surface area contributed by atoms with Gasteiger partial charge in [0.1, 0.15) is 23.7 Å². The Morgan fingerprint density at radius 1 is 1.05 bits per heavy atom. The molecule has 3 aromatic carbocycles. The number of aryl methyl sites for hydroxylation is 1. The minimum Gasteiger partial charge on any atom is -0.489 e. The topological polar surface area (TPSA) is 120 Å². The van der Waals surface area contributed by atoms with Crippen molar-refractivity contribution in [3.05, 3.63) is 94.5 Å². The highest BCUT2D eigenvalue weighted by atomic mass is 32.2. The maximum atomic E-state index is 13.1. The summed E-state index contributed by atoms with van der Waals surface area (Å²) in [6, 6.07) is 19.4. The van der Waals surface area contributed by atoms with Crippen LogP contribution in [-0.4, -0.2) is 37.5 Å². The van der Waals surface area contributed by atoms with Crippen LogP contribution in [0.2, 0.25) is 0 Å². The van der Waals surface area contributed by atoms with Gasteiger partial charge in [0.2, 0.25) is 0 Å². The lowest BCUT2D eigenvalue weighted by molar-refractivity contribution is -0.141. The summed E-state index contributed by atoms with van der Waals surface area (Å²) in [7, 11) is -2.82. The Labute approximate surface area is 246 Å². The molecular weight excluding hydrogens is 560 g/mol. The fraction of sp³-hybridized carbons (Fsp3) is 0.355. The van der Waals surface area contributed by atoms with Gasteiger partial charge in [-0.2, -0.15) is 12.7 Å². The first-order chi connectivity index (χ1) is 19.8. The standard InChI is InChI=1S/C31H36N2O8S/c1-21-11-12-23(27(17-29(34)38-5)32-30(35)40-31(2,3)4)15-24(21)18-33-19-25-16-26(13-14-28(25)41-42(33,36)37)39-20-22-9-7-6-8-10-22/h6-16,27H,17-20H2,1-5H3,(H,32,35). The Balaban J connectivity index is 1.55. The van der Waals surface area contributed by atoms with Crippen molar-refractivity contribution < 1.29 is 36.4 Å². The molecule has 224 valence electrons. The van der Waals surface area contributed by atoms with E-state index >= 15 is 0 Å². The molecule has 0 saturated heterocycles. The molecule has 1 unspecified atom stereocenters. The lowest BCUT2D eigenvalue weighted by Crippen LogP contribution is -2.37. The Morgan fingerprint density at radius 3 is 2.48 bits per heavy atom. The van der Waals surface area contributed by atoms with Crippen molar-refractivity contribution >= 4 is 22.4 Å². The van der Waals surface area contributed by atoms with Crippen molar-refractivity contribution in [3.63, 3.8) is 0 Å². The third-order valence-corrected chi connectivity index (χ3v) is 7.83. The van der Waals surface area contributed by atoms with Crippen LogP contribution in [0.3, 0.4) is 0 Å². The minimum atomic E-state index is -4.09. The molecule has 42 heavy (non-hydrogen) atoms. The lowest BCUT2D eigenvalue weighted by atomic mass is 9.98. The van der Waals surface area contributed by atoms with Crippen molar-refractivity contribution in [1.82, 2.24) is 9.62 Å². The molecule has 1 heterocycles. The van der Waals surface area contributed by atoms with Gasteiger partial charge in [-0.15, -0.1) is 0 Å². The van der Waals surface area contributed by atoms with E-state index in [9.17, 15) is 18.0 Å². The van der Waals surface area contributed by atoms with Crippen molar-refractivity contribution in [2.75, 3.05) is 7.11 Å². The Kier molecular flexibility index (Phi) is 9.43. The third kappa shape index (κ3) is 8.23. The van der Waals surface area contributed by atoms with Crippen LogP contribution in [0.5, 0.6) is 11.5 Å². The third-order valence-electron chi connectivity index (χ3n) is 6.55. The summed E-state index contributed by atoms with van der Waals surface area (Å²) in [6.07, 6.45) is -0.824. The molecule has 1 aliphatic rings. The van der Waals surface area contributed by atoms with Crippen LogP contribution < -0.4 is 14.2 Å². The van der Waals surface area contributed by atoms with Gasteiger partial charge < -0.3 is 23.7 Å². The van der Waals surface area contributed by atoms with E-state index in [0.29, 0.717) is 29.0 Å². The predicted molar refractivity (Wildman–Crippen MR) is 156 cm³/mol. The van der Waals surface area contributed by atoms with Gasteiger partial charge in [-0.3, -0.25) is 4.79 Å². The molecule has 0 bridgehead atoms. The van der Waals surface area contributed by atoms with Crippen molar-refractivity contribution in [2.24, 2.45) is 0 Å². The number of amides is 1. The van der Waals surface area contributed by atoms with E-state index in [1.165, 1.54) is 11.4 Å². The number of carbonyl (C=O) groups excluding carboxylic acids is 2. The quantitative estimate of drug-likeness (QED) is 0.329. The van der Waals surface area contributed by atoms with E-state index in [-0.39, 0.29) is 25.3 Å². The van der Waals surface area contributed by atoms with Gasteiger partial charge in [-0.1, -0.05) is 48.5 Å². The maximum Gasteiger partial charge on any atom is 0.408 e.